The molecule has 0 fully saturated rings. The number of nitriles is 1. The average molecular weight is 223 g/mol. The fourth-order valence-corrected chi connectivity index (χ4v) is 1.76. The molecule has 0 aliphatic carbocycles. The van der Waals surface area contributed by atoms with Crippen molar-refractivity contribution in [1.29, 1.82) is 5.26 Å². The summed E-state index contributed by atoms with van der Waals surface area (Å²) in [7, 11) is 1.93. The van der Waals surface area contributed by atoms with Crippen LogP contribution in [0.1, 0.15) is 12.6 Å². The number of pyridine rings is 1. The van der Waals surface area contributed by atoms with Crippen LogP contribution in [-0.4, -0.2) is 16.9 Å². The highest BCUT2D eigenvalue weighted by Crippen LogP contribution is 2.23. The molecule has 1 aliphatic heterocycles. The predicted molar refractivity (Wildman–Crippen MR) is 67.4 cm³/mol. The molecule has 0 amide bonds. The number of nitrogens with zero attached hydrogens (tertiary/aromatic N) is 3. The Bertz CT molecular complexity index is 545. The quantitative estimate of drug-likeness (QED) is 0.687. The smallest absolute Gasteiger partial charge is 0.104 e. The van der Waals surface area contributed by atoms with Crippen molar-refractivity contribution in [1.82, 2.24) is 9.88 Å². The fourth-order valence-electron chi connectivity index (χ4n) is 1.76. The van der Waals surface area contributed by atoms with Crippen LogP contribution < -0.4 is 0 Å². The number of rotatable bonds is 1. The molecule has 84 valence electrons. The number of hydrogen-bond donors (Lipinski definition) is 0. The standard InChI is InChI=1S/C14H13N3/c1-11-6-7-14(17(2)10-11)12(9-15)13-5-3-4-8-16-13/h3-8,10H,1-2H3/b14-12+. The van der Waals surface area contributed by atoms with Gasteiger partial charge in [-0.15, -0.1) is 0 Å². The van der Waals surface area contributed by atoms with Gasteiger partial charge in [0.2, 0.25) is 0 Å². The molecule has 1 aromatic rings. The zero-order valence-corrected chi connectivity index (χ0v) is 9.88. The van der Waals surface area contributed by atoms with Gasteiger partial charge in [-0.25, -0.2) is 0 Å². The van der Waals surface area contributed by atoms with Crippen molar-refractivity contribution in [2.24, 2.45) is 0 Å². The van der Waals surface area contributed by atoms with Crippen LogP contribution in [0.2, 0.25) is 0 Å². The maximum Gasteiger partial charge on any atom is 0.104 e. The molecule has 1 aliphatic rings. The third kappa shape index (κ3) is 2.26. The van der Waals surface area contributed by atoms with E-state index in [2.05, 4.69) is 11.1 Å². The summed E-state index contributed by atoms with van der Waals surface area (Å²) in [5.41, 5.74) is 3.33. The minimum atomic E-state index is 0.591. The minimum Gasteiger partial charge on any atom is -0.350 e. The average Bonchev–Trinajstić information content (AvgIpc) is 2.34. The van der Waals surface area contributed by atoms with Gasteiger partial charge in [0.25, 0.3) is 0 Å². The molecule has 0 atom stereocenters. The van der Waals surface area contributed by atoms with Crippen LogP contribution in [0.3, 0.4) is 0 Å². The van der Waals surface area contributed by atoms with Gasteiger partial charge >= 0.3 is 0 Å². The molecule has 0 saturated heterocycles. The van der Waals surface area contributed by atoms with Crippen LogP contribution >= 0.6 is 0 Å². The highest BCUT2D eigenvalue weighted by Gasteiger charge is 2.13. The normalized spacial score (nSPS) is 17.5. The Morgan fingerprint density at radius 1 is 1.35 bits per heavy atom. The van der Waals surface area contributed by atoms with Crippen LogP contribution in [-0.2, 0) is 0 Å². The molecule has 0 aromatic carbocycles. The molecule has 0 N–H and O–H groups in total. The van der Waals surface area contributed by atoms with E-state index >= 15 is 0 Å². The van der Waals surface area contributed by atoms with E-state index < -0.39 is 0 Å². The van der Waals surface area contributed by atoms with Crippen molar-refractivity contribution < 1.29 is 0 Å². The third-order valence-electron chi connectivity index (χ3n) is 2.57. The van der Waals surface area contributed by atoms with E-state index in [1.165, 1.54) is 0 Å². The van der Waals surface area contributed by atoms with Crippen molar-refractivity contribution in [3.63, 3.8) is 0 Å². The Kier molecular flexibility index (Phi) is 3.06. The molecule has 3 heteroatoms. The molecule has 3 nitrogen and oxygen atoms in total. The number of aromatic nitrogens is 1. The van der Waals surface area contributed by atoms with Crippen LogP contribution in [0.25, 0.3) is 5.57 Å². The highest BCUT2D eigenvalue weighted by molar-refractivity contribution is 5.79. The lowest BCUT2D eigenvalue weighted by atomic mass is 10.1. The number of hydrogen-bond acceptors (Lipinski definition) is 3. The zero-order chi connectivity index (χ0) is 12.3. The first-order valence-electron chi connectivity index (χ1n) is 5.37. The summed E-state index contributed by atoms with van der Waals surface area (Å²) < 4.78 is 0. The van der Waals surface area contributed by atoms with E-state index in [0.717, 1.165) is 11.3 Å². The molecule has 0 unspecified atom stereocenters. The van der Waals surface area contributed by atoms with E-state index in [0.29, 0.717) is 11.3 Å². The fraction of sp³-hybridized carbons (Fsp3) is 0.143. The first-order chi connectivity index (χ1) is 8.22. The molecule has 0 spiro atoms. The summed E-state index contributed by atoms with van der Waals surface area (Å²) in [6, 6.07) is 7.80. The molecular formula is C14H13N3. The predicted octanol–water partition coefficient (Wildman–Crippen LogP) is 2.72. The number of allylic oxidation sites excluding steroid dienone is 4. The van der Waals surface area contributed by atoms with Gasteiger partial charge in [-0.1, -0.05) is 12.1 Å². The Morgan fingerprint density at radius 3 is 2.76 bits per heavy atom. The van der Waals surface area contributed by atoms with E-state index in [-0.39, 0.29) is 0 Å². The van der Waals surface area contributed by atoms with Gasteiger partial charge < -0.3 is 4.90 Å². The summed E-state index contributed by atoms with van der Waals surface area (Å²) in [5.74, 6) is 0. The first-order valence-corrected chi connectivity index (χ1v) is 5.37. The zero-order valence-electron chi connectivity index (χ0n) is 9.88. The van der Waals surface area contributed by atoms with Gasteiger partial charge in [0.1, 0.15) is 11.6 Å². The maximum atomic E-state index is 9.29. The number of likely N-dealkylation sites (N-methyl/N-ethyl adjacent to an activating group) is 1. The molecule has 0 saturated carbocycles. The van der Waals surface area contributed by atoms with Crippen LogP contribution in [0.5, 0.6) is 0 Å². The van der Waals surface area contributed by atoms with Crippen molar-refractivity contribution in [2.75, 3.05) is 7.05 Å². The summed E-state index contributed by atoms with van der Waals surface area (Å²) in [4.78, 5) is 6.16. The first kappa shape index (κ1) is 11.2. The second-order valence-corrected chi connectivity index (χ2v) is 3.90. The van der Waals surface area contributed by atoms with Crippen LogP contribution in [0.4, 0.5) is 0 Å². The second-order valence-electron chi connectivity index (χ2n) is 3.90. The lowest BCUT2D eigenvalue weighted by molar-refractivity contribution is 0.581. The molecule has 0 bridgehead atoms. The summed E-state index contributed by atoms with van der Waals surface area (Å²) in [6.45, 7) is 2.02. The highest BCUT2D eigenvalue weighted by atomic mass is 15.1. The van der Waals surface area contributed by atoms with Crippen LogP contribution in [0.15, 0.2) is 54.0 Å². The lowest BCUT2D eigenvalue weighted by Crippen LogP contribution is -2.14. The Balaban J connectivity index is 2.51. The van der Waals surface area contributed by atoms with E-state index in [1.807, 2.05) is 55.4 Å². The maximum absolute atomic E-state index is 9.29. The van der Waals surface area contributed by atoms with E-state index in [9.17, 15) is 5.26 Å². The van der Waals surface area contributed by atoms with Gasteiger partial charge in [-0.2, -0.15) is 5.26 Å². The second kappa shape index (κ2) is 4.67. The summed E-state index contributed by atoms with van der Waals surface area (Å²) in [5, 5.41) is 9.29. The van der Waals surface area contributed by atoms with Crippen molar-refractivity contribution >= 4 is 5.57 Å². The van der Waals surface area contributed by atoms with Gasteiger partial charge in [0.15, 0.2) is 0 Å². The monoisotopic (exact) mass is 223 g/mol. The topological polar surface area (TPSA) is 39.9 Å². The van der Waals surface area contributed by atoms with Crippen LogP contribution in [0, 0.1) is 11.3 Å². The lowest BCUT2D eigenvalue weighted by Gasteiger charge is -2.21. The SMILES string of the molecule is CC1=CN(C)/C(=C(\C#N)c2ccccn2)C=C1. The van der Waals surface area contributed by atoms with Crippen molar-refractivity contribution in [3.05, 3.63) is 59.7 Å². The molecular weight excluding hydrogens is 210 g/mol. The van der Waals surface area contributed by atoms with Crippen molar-refractivity contribution in [3.8, 4) is 6.07 Å². The van der Waals surface area contributed by atoms with Gasteiger partial charge in [-0.3, -0.25) is 4.98 Å². The Hall–Kier alpha value is -2.34. The molecule has 2 heterocycles. The summed E-state index contributed by atoms with van der Waals surface area (Å²) >= 11 is 0. The largest absolute Gasteiger partial charge is 0.350 e. The molecule has 2 rings (SSSR count). The van der Waals surface area contributed by atoms with Gasteiger partial charge in [0, 0.05) is 19.4 Å². The molecule has 0 radical (unpaired) electrons. The molecule has 17 heavy (non-hydrogen) atoms. The van der Waals surface area contributed by atoms with Gasteiger partial charge in [-0.05, 0) is 30.7 Å². The Labute approximate surface area is 101 Å². The van der Waals surface area contributed by atoms with E-state index in [1.54, 1.807) is 6.20 Å². The Morgan fingerprint density at radius 2 is 2.18 bits per heavy atom. The van der Waals surface area contributed by atoms with E-state index in [4.69, 9.17) is 0 Å². The van der Waals surface area contributed by atoms with Crippen molar-refractivity contribution in [2.45, 2.75) is 6.92 Å². The minimum absolute atomic E-state index is 0.591. The molecule has 1 aromatic heterocycles. The summed E-state index contributed by atoms with van der Waals surface area (Å²) in [6.07, 6.45) is 7.63. The third-order valence-corrected chi connectivity index (χ3v) is 2.57. The van der Waals surface area contributed by atoms with Gasteiger partial charge in [0.05, 0.1) is 11.4 Å².